The summed E-state index contributed by atoms with van der Waals surface area (Å²) < 4.78 is 29.1. The zero-order valence-corrected chi connectivity index (χ0v) is 16.7. The van der Waals surface area contributed by atoms with Gasteiger partial charge in [0.15, 0.2) is 5.82 Å². The number of nitrogens with zero attached hydrogens (tertiary/aromatic N) is 5. The number of nitrogens with one attached hydrogen (secondary N) is 1. The number of aromatic nitrogens is 4. The molecule has 1 aliphatic rings. The normalized spacial score (nSPS) is 19.3. The van der Waals surface area contributed by atoms with E-state index in [0.717, 1.165) is 36.3 Å². The second-order valence-corrected chi connectivity index (χ2v) is 7.91. The minimum atomic E-state index is -0.898. The van der Waals surface area contributed by atoms with Crippen molar-refractivity contribution in [3.63, 3.8) is 0 Å². The van der Waals surface area contributed by atoms with Crippen molar-refractivity contribution in [1.29, 1.82) is 0 Å². The summed E-state index contributed by atoms with van der Waals surface area (Å²) in [6.07, 6.45) is 4.16. The average molecular weight is 416 g/mol. The van der Waals surface area contributed by atoms with Crippen LogP contribution in [0.1, 0.15) is 20.3 Å². The van der Waals surface area contributed by atoms with Crippen LogP contribution in [0.5, 0.6) is 0 Å². The first-order valence-corrected chi connectivity index (χ1v) is 9.76. The fraction of sp³-hybridized carbons (Fsp3) is 0.400. The molecular weight excluding hydrogens is 394 g/mol. The van der Waals surface area contributed by atoms with E-state index in [1.54, 1.807) is 0 Å². The maximum atomic E-state index is 13.8. The van der Waals surface area contributed by atoms with Crippen LogP contribution < -0.4 is 15.9 Å². The van der Waals surface area contributed by atoms with Gasteiger partial charge in [0.2, 0.25) is 11.6 Å². The molecule has 30 heavy (non-hydrogen) atoms. The molecule has 4 rings (SSSR count). The highest BCUT2D eigenvalue weighted by atomic mass is 19.1. The molecular formula is C20H22F2N6O2. The van der Waals surface area contributed by atoms with E-state index < -0.39 is 29.8 Å². The Kier molecular flexibility index (Phi) is 5.23. The maximum Gasteiger partial charge on any atom is 0.350 e. The zero-order valence-electron chi connectivity index (χ0n) is 16.7. The summed E-state index contributed by atoms with van der Waals surface area (Å²) in [7, 11) is 0. The van der Waals surface area contributed by atoms with Crippen LogP contribution in [0, 0.1) is 23.5 Å². The fourth-order valence-electron chi connectivity index (χ4n) is 4.01. The molecule has 3 heterocycles. The molecule has 1 fully saturated rings. The molecule has 1 aromatic carbocycles. The number of carbonyl (C=O) groups is 1. The fourth-order valence-corrected chi connectivity index (χ4v) is 4.01. The highest BCUT2D eigenvalue weighted by molar-refractivity contribution is 5.90. The first-order valence-electron chi connectivity index (χ1n) is 9.76. The predicted molar refractivity (Wildman–Crippen MR) is 107 cm³/mol. The van der Waals surface area contributed by atoms with Crippen LogP contribution in [-0.2, 0) is 11.3 Å². The molecule has 2 atom stereocenters. The van der Waals surface area contributed by atoms with Gasteiger partial charge in [-0.1, -0.05) is 13.8 Å². The van der Waals surface area contributed by atoms with Gasteiger partial charge in [0.1, 0.15) is 18.2 Å². The Morgan fingerprint density at radius 1 is 1.23 bits per heavy atom. The SMILES string of the molecule is C[C@@H]1C[C@@H](C)CN(c2nccn3c(=O)n(CC(=O)Nc4ccc(F)cc4F)nc23)C1. The third-order valence-electron chi connectivity index (χ3n) is 5.15. The van der Waals surface area contributed by atoms with Gasteiger partial charge in [-0.15, -0.1) is 5.10 Å². The Bertz CT molecular complexity index is 1150. The van der Waals surface area contributed by atoms with Crippen molar-refractivity contribution in [3.8, 4) is 0 Å². The summed E-state index contributed by atoms with van der Waals surface area (Å²) in [4.78, 5) is 31.6. The van der Waals surface area contributed by atoms with Crippen LogP contribution in [-0.4, -0.2) is 38.2 Å². The van der Waals surface area contributed by atoms with E-state index in [0.29, 0.717) is 29.4 Å². The number of fused-ring (bicyclic) bond motifs is 1. The van der Waals surface area contributed by atoms with Gasteiger partial charge in [-0.05, 0) is 30.4 Å². The van der Waals surface area contributed by atoms with Crippen LogP contribution in [0.25, 0.3) is 5.65 Å². The molecule has 10 heteroatoms. The molecule has 0 spiro atoms. The lowest BCUT2D eigenvalue weighted by molar-refractivity contribution is -0.117. The first kappa shape index (κ1) is 20.0. The van der Waals surface area contributed by atoms with E-state index in [1.165, 1.54) is 16.8 Å². The minimum Gasteiger partial charge on any atom is -0.353 e. The lowest BCUT2D eigenvalue weighted by Crippen LogP contribution is -2.39. The quantitative estimate of drug-likeness (QED) is 0.706. The molecule has 0 radical (unpaired) electrons. The number of halogens is 2. The Morgan fingerprint density at radius 3 is 2.67 bits per heavy atom. The maximum absolute atomic E-state index is 13.8. The van der Waals surface area contributed by atoms with Gasteiger partial charge < -0.3 is 10.2 Å². The van der Waals surface area contributed by atoms with Crippen molar-refractivity contribution >= 4 is 23.1 Å². The second kappa shape index (κ2) is 7.85. The molecule has 3 aromatic rings. The molecule has 1 saturated heterocycles. The van der Waals surface area contributed by atoms with Gasteiger partial charge in [-0.2, -0.15) is 0 Å². The smallest absolute Gasteiger partial charge is 0.350 e. The number of hydrogen-bond acceptors (Lipinski definition) is 5. The monoisotopic (exact) mass is 416 g/mol. The number of amides is 1. The van der Waals surface area contributed by atoms with Crippen molar-refractivity contribution in [2.75, 3.05) is 23.3 Å². The molecule has 0 bridgehead atoms. The summed E-state index contributed by atoms with van der Waals surface area (Å²) >= 11 is 0. The van der Waals surface area contributed by atoms with Crippen molar-refractivity contribution in [2.24, 2.45) is 11.8 Å². The van der Waals surface area contributed by atoms with Crippen LogP contribution in [0.3, 0.4) is 0 Å². The minimum absolute atomic E-state index is 0.170. The molecule has 8 nitrogen and oxygen atoms in total. The third-order valence-corrected chi connectivity index (χ3v) is 5.15. The number of anilines is 2. The highest BCUT2D eigenvalue weighted by Crippen LogP contribution is 2.26. The molecule has 0 aliphatic carbocycles. The number of benzene rings is 1. The van der Waals surface area contributed by atoms with Crippen LogP contribution >= 0.6 is 0 Å². The molecule has 1 amide bonds. The van der Waals surface area contributed by atoms with Crippen molar-refractivity contribution < 1.29 is 13.6 Å². The number of piperidine rings is 1. The van der Waals surface area contributed by atoms with Gasteiger partial charge in [-0.3, -0.25) is 4.79 Å². The topological polar surface area (TPSA) is 84.5 Å². The Morgan fingerprint density at radius 2 is 1.97 bits per heavy atom. The number of rotatable bonds is 4. The van der Waals surface area contributed by atoms with Crippen LogP contribution in [0.2, 0.25) is 0 Å². The highest BCUT2D eigenvalue weighted by Gasteiger charge is 2.26. The first-order chi connectivity index (χ1) is 14.3. The molecule has 0 saturated carbocycles. The molecule has 0 unspecified atom stereocenters. The largest absolute Gasteiger partial charge is 0.353 e. The summed E-state index contributed by atoms with van der Waals surface area (Å²) in [5, 5.41) is 6.64. The number of hydrogen-bond donors (Lipinski definition) is 1. The lowest BCUT2D eigenvalue weighted by Gasteiger charge is -2.35. The van der Waals surface area contributed by atoms with E-state index in [4.69, 9.17) is 0 Å². The van der Waals surface area contributed by atoms with Crippen LogP contribution in [0.15, 0.2) is 35.4 Å². The number of carbonyl (C=O) groups excluding carboxylic acids is 1. The van der Waals surface area contributed by atoms with Gasteiger partial charge in [0, 0.05) is 31.5 Å². The average Bonchev–Trinajstić information content (AvgIpc) is 2.99. The van der Waals surface area contributed by atoms with Crippen molar-refractivity contribution in [2.45, 2.75) is 26.8 Å². The van der Waals surface area contributed by atoms with Gasteiger partial charge in [-0.25, -0.2) is 27.6 Å². The standard InChI is InChI=1S/C20H22F2N6O2/c1-12-7-13(2)10-26(9-12)18-19-25-28(20(30)27(19)6-5-23-18)11-17(29)24-16-4-3-14(21)8-15(16)22/h3-6,8,12-13H,7,9-11H2,1-2H3,(H,24,29)/t12-,13-/m1/s1. The van der Waals surface area contributed by atoms with E-state index in [-0.39, 0.29) is 5.69 Å². The van der Waals surface area contributed by atoms with Crippen LogP contribution in [0.4, 0.5) is 20.3 Å². The van der Waals surface area contributed by atoms with Gasteiger partial charge in [0.05, 0.1) is 5.69 Å². The molecule has 2 aromatic heterocycles. The summed E-state index contributed by atoms with van der Waals surface area (Å²) in [5.41, 5.74) is -0.303. The second-order valence-electron chi connectivity index (χ2n) is 7.91. The third kappa shape index (κ3) is 3.89. The summed E-state index contributed by atoms with van der Waals surface area (Å²) in [6.45, 7) is 5.55. The molecule has 1 N–H and O–H groups in total. The van der Waals surface area contributed by atoms with Crippen molar-refractivity contribution in [1.82, 2.24) is 19.2 Å². The van der Waals surface area contributed by atoms with Gasteiger partial charge >= 0.3 is 5.69 Å². The Balaban J connectivity index is 1.60. The van der Waals surface area contributed by atoms with Crippen molar-refractivity contribution in [3.05, 3.63) is 52.7 Å². The van der Waals surface area contributed by atoms with Gasteiger partial charge in [0.25, 0.3) is 0 Å². The molecule has 1 aliphatic heterocycles. The molecule has 158 valence electrons. The van der Waals surface area contributed by atoms with E-state index >= 15 is 0 Å². The van der Waals surface area contributed by atoms with E-state index in [9.17, 15) is 18.4 Å². The lowest BCUT2D eigenvalue weighted by atomic mass is 9.92. The predicted octanol–water partition coefficient (Wildman–Crippen LogP) is 2.29. The summed E-state index contributed by atoms with van der Waals surface area (Å²) in [6, 6.07) is 2.83. The summed E-state index contributed by atoms with van der Waals surface area (Å²) in [5.74, 6) is -0.728. The van der Waals surface area contributed by atoms with E-state index in [2.05, 4.69) is 34.1 Å². The Hall–Kier alpha value is -3.30. The Labute approximate surface area is 171 Å². The van der Waals surface area contributed by atoms with E-state index in [1.807, 2.05) is 0 Å². The zero-order chi connectivity index (χ0) is 21.4.